The van der Waals surface area contributed by atoms with Gasteiger partial charge in [0.2, 0.25) is 0 Å². The monoisotopic (exact) mass is 381 g/mol. The van der Waals surface area contributed by atoms with Crippen LogP contribution in [0.3, 0.4) is 0 Å². The second-order valence-electron chi connectivity index (χ2n) is 6.74. The molecular weight excluding hydrogens is 354 g/mol. The van der Waals surface area contributed by atoms with E-state index in [1.54, 1.807) is 30.2 Å². The van der Waals surface area contributed by atoms with Crippen LogP contribution < -0.4 is 5.56 Å². The van der Waals surface area contributed by atoms with Crippen molar-refractivity contribution in [3.8, 4) is 0 Å². The zero-order valence-corrected chi connectivity index (χ0v) is 17.0. The molecule has 0 radical (unpaired) electrons. The Labute approximate surface area is 157 Å². The highest BCUT2D eigenvalue weighted by atomic mass is 32.2. The molecule has 2 heterocycles. The highest BCUT2D eigenvalue weighted by molar-refractivity contribution is 7.99. The number of thioether (sulfide) groups is 1. The second kappa shape index (κ2) is 8.66. The van der Waals surface area contributed by atoms with Crippen molar-refractivity contribution in [1.82, 2.24) is 14.5 Å². The Kier molecular flexibility index (Phi) is 6.55. The molecule has 0 N–H and O–H groups in total. The molecule has 0 aromatic carbocycles. The lowest BCUT2D eigenvalue weighted by atomic mass is 9.97. The Morgan fingerprint density at radius 2 is 2.12 bits per heavy atom. The van der Waals surface area contributed by atoms with Crippen molar-refractivity contribution < 1.29 is 4.74 Å². The van der Waals surface area contributed by atoms with Gasteiger partial charge in [-0.15, -0.1) is 11.3 Å². The minimum atomic E-state index is 0.156. The number of nitrogens with zero attached hydrogens (tertiary/aromatic N) is 3. The minimum absolute atomic E-state index is 0.156. The lowest BCUT2D eigenvalue weighted by molar-refractivity contribution is 0.218. The van der Waals surface area contributed by atoms with Crippen LogP contribution in [0.25, 0.3) is 10.2 Å². The third kappa shape index (κ3) is 4.27. The normalized spacial score (nSPS) is 14.4. The molecule has 7 heteroatoms. The first kappa shape index (κ1) is 18.9. The summed E-state index contributed by atoms with van der Waals surface area (Å²) in [7, 11) is 5.83. The molecule has 0 saturated carbocycles. The van der Waals surface area contributed by atoms with Crippen LogP contribution >= 0.6 is 23.1 Å². The molecule has 0 fully saturated rings. The summed E-state index contributed by atoms with van der Waals surface area (Å²) >= 11 is 3.35. The van der Waals surface area contributed by atoms with Gasteiger partial charge in [0, 0.05) is 24.3 Å². The average Bonchev–Trinajstić information content (AvgIpc) is 2.95. The summed E-state index contributed by atoms with van der Waals surface area (Å²) in [5.74, 6) is 0.813. The lowest BCUT2D eigenvalue weighted by Crippen LogP contribution is -2.26. The van der Waals surface area contributed by atoms with Gasteiger partial charge < -0.3 is 9.64 Å². The zero-order valence-electron chi connectivity index (χ0n) is 15.3. The molecule has 25 heavy (non-hydrogen) atoms. The molecule has 0 atom stereocenters. The number of hydrogen-bond acceptors (Lipinski definition) is 6. The van der Waals surface area contributed by atoms with E-state index in [1.807, 2.05) is 4.57 Å². The van der Waals surface area contributed by atoms with Crippen molar-refractivity contribution in [3.63, 3.8) is 0 Å². The quantitative estimate of drug-likeness (QED) is 0.400. The molecule has 1 aliphatic carbocycles. The number of rotatable bonds is 8. The molecule has 1 aliphatic rings. The van der Waals surface area contributed by atoms with Crippen molar-refractivity contribution in [2.75, 3.05) is 40.1 Å². The Morgan fingerprint density at radius 1 is 1.32 bits per heavy atom. The molecule has 0 unspecified atom stereocenters. The fourth-order valence-corrected chi connectivity index (χ4v) is 5.52. The van der Waals surface area contributed by atoms with Gasteiger partial charge in [-0.25, -0.2) is 4.98 Å². The Hall–Kier alpha value is -0.890. The van der Waals surface area contributed by atoms with E-state index >= 15 is 0 Å². The van der Waals surface area contributed by atoms with E-state index in [4.69, 9.17) is 9.72 Å². The highest BCUT2D eigenvalue weighted by Gasteiger charge is 2.22. The fourth-order valence-electron chi connectivity index (χ4n) is 3.29. The Bertz CT molecular complexity index is 783. The number of aromatic nitrogens is 2. The SMILES string of the molecule is COCCSc1nc2sc3c(c2c(=O)n1CCCN(C)C)CCCC3. The summed E-state index contributed by atoms with van der Waals surface area (Å²) in [5, 5.41) is 1.73. The van der Waals surface area contributed by atoms with E-state index in [0.29, 0.717) is 6.61 Å². The number of hydrogen-bond donors (Lipinski definition) is 0. The van der Waals surface area contributed by atoms with Crippen LogP contribution in [0.5, 0.6) is 0 Å². The van der Waals surface area contributed by atoms with E-state index in [-0.39, 0.29) is 5.56 Å². The predicted octanol–water partition coefficient (Wildman–Crippen LogP) is 3.03. The van der Waals surface area contributed by atoms with Crippen molar-refractivity contribution in [3.05, 3.63) is 20.8 Å². The first-order valence-corrected chi connectivity index (χ1v) is 10.7. The minimum Gasteiger partial charge on any atom is -0.384 e. The smallest absolute Gasteiger partial charge is 0.263 e. The number of fused-ring (bicyclic) bond motifs is 3. The van der Waals surface area contributed by atoms with Gasteiger partial charge in [0.1, 0.15) is 4.83 Å². The number of thiophene rings is 1. The summed E-state index contributed by atoms with van der Waals surface area (Å²) in [5.41, 5.74) is 1.43. The molecule has 0 saturated heterocycles. The first-order valence-electron chi connectivity index (χ1n) is 8.93. The van der Waals surface area contributed by atoms with Crippen molar-refractivity contribution >= 4 is 33.3 Å². The van der Waals surface area contributed by atoms with Gasteiger partial charge in [0.05, 0.1) is 12.0 Å². The van der Waals surface area contributed by atoms with Crippen molar-refractivity contribution in [1.29, 1.82) is 0 Å². The summed E-state index contributed by atoms with van der Waals surface area (Å²) in [6.45, 7) is 2.35. The molecule has 0 spiro atoms. The van der Waals surface area contributed by atoms with Crippen LogP contribution in [0.15, 0.2) is 9.95 Å². The molecule has 0 aliphatic heterocycles. The van der Waals surface area contributed by atoms with E-state index in [2.05, 4.69) is 19.0 Å². The molecule has 2 aromatic rings. The standard InChI is InChI=1S/C18H27N3O2S2/c1-20(2)9-6-10-21-17(22)15-13-7-4-5-8-14(13)25-16(15)19-18(21)24-12-11-23-3/h4-12H2,1-3H3. The maximum Gasteiger partial charge on any atom is 0.263 e. The lowest BCUT2D eigenvalue weighted by Gasteiger charge is -2.15. The van der Waals surface area contributed by atoms with Gasteiger partial charge in [0.15, 0.2) is 5.16 Å². The van der Waals surface area contributed by atoms with Crippen LogP contribution in [0.2, 0.25) is 0 Å². The van der Waals surface area contributed by atoms with E-state index in [1.165, 1.54) is 23.3 Å². The topological polar surface area (TPSA) is 47.4 Å². The van der Waals surface area contributed by atoms with Gasteiger partial charge in [-0.1, -0.05) is 11.8 Å². The van der Waals surface area contributed by atoms with Gasteiger partial charge in [-0.05, 0) is 58.3 Å². The van der Waals surface area contributed by atoms with Gasteiger partial charge in [-0.2, -0.15) is 0 Å². The Balaban J connectivity index is 1.99. The number of aryl methyl sites for hydroxylation is 2. The number of ether oxygens (including phenoxy) is 1. The first-order chi connectivity index (χ1) is 12.1. The maximum absolute atomic E-state index is 13.3. The van der Waals surface area contributed by atoms with Gasteiger partial charge >= 0.3 is 0 Å². The van der Waals surface area contributed by atoms with Crippen molar-refractivity contribution in [2.45, 2.75) is 43.8 Å². The van der Waals surface area contributed by atoms with Crippen LogP contribution in [0, 0.1) is 0 Å². The van der Waals surface area contributed by atoms with Crippen LogP contribution in [-0.4, -0.2) is 54.6 Å². The summed E-state index contributed by atoms with van der Waals surface area (Å²) in [6, 6.07) is 0. The summed E-state index contributed by atoms with van der Waals surface area (Å²) in [4.78, 5) is 22.6. The zero-order chi connectivity index (χ0) is 17.8. The number of methoxy groups -OCH3 is 1. The molecule has 0 bridgehead atoms. The molecule has 2 aromatic heterocycles. The van der Waals surface area contributed by atoms with E-state index < -0.39 is 0 Å². The largest absolute Gasteiger partial charge is 0.384 e. The molecule has 5 nitrogen and oxygen atoms in total. The molecule has 0 amide bonds. The predicted molar refractivity (Wildman–Crippen MR) is 106 cm³/mol. The maximum atomic E-state index is 13.3. The van der Waals surface area contributed by atoms with Crippen LogP contribution in [0.1, 0.15) is 29.7 Å². The van der Waals surface area contributed by atoms with Crippen LogP contribution in [0.4, 0.5) is 0 Å². The Morgan fingerprint density at radius 3 is 2.88 bits per heavy atom. The third-order valence-electron chi connectivity index (χ3n) is 4.55. The summed E-state index contributed by atoms with van der Waals surface area (Å²) < 4.78 is 7.06. The highest BCUT2D eigenvalue weighted by Crippen LogP contribution is 2.34. The molecule has 3 rings (SSSR count). The van der Waals surface area contributed by atoms with E-state index in [9.17, 15) is 4.79 Å². The molecule has 138 valence electrons. The van der Waals surface area contributed by atoms with E-state index in [0.717, 1.165) is 53.5 Å². The van der Waals surface area contributed by atoms with Crippen LogP contribution in [-0.2, 0) is 24.1 Å². The second-order valence-corrected chi connectivity index (χ2v) is 8.89. The van der Waals surface area contributed by atoms with Gasteiger partial charge in [-0.3, -0.25) is 9.36 Å². The fraction of sp³-hybridized carbons (Fsp3) is 0.667. The molecular formula is C18H27N3O2S2. The average molecular weight is 382 g/mol. The van der Waals surface area contributed by atoms with Gasteiger partial charge in [0.25, 0.3) is 5.56 Å². The van der Waals surface area contributed by atoms with Crippen molar-refractivity contribution in [2.24, 2.45) is 0 Å². The summed E-state index contributed by atoms with van der Waals surface area (Å²) in [6.07, 6.45) is 5.49. The third-order valence-corrected chi connectivity index (χ3v) is 6.67.